The number of aromatic nitrogens is 4. The topological polar surface area (TPSA) is 43.6 Å². The van der Waals surface area contributed by atoms with Crippen LogP contribution in [-0.2, 0) is 12.7 Å². The van der Waals surface area contributed by atoms with Gasteiger partial charge in [0, 0.05) is 23.7 Å². The van der Waals surface area contributed by atoms with E-state index >= 15 is 0 Å². The molecule has 0 saturated carbocycles. The van der Waals surface area contributed by atoms with Crippen LogP contribution in [0.25, 0.3) is 22.7 Å². The van der Waals surface area contributed by atoms with Gasteiger partial charge in [-0.2, -0.15) is 4.39 Å². The second-order valence-corrected chi connectivity index (χ2v) is 7.25. The summed E-state index contributed by atoms with van der Waals surface area (Å²) in [5.74, 6) is 0.792. The number of alkyl halides is 1. The molecule has 3 aromatic heterocycles. The first-order valence-corrected chi connectivity index (χ1v) is 8.61. The van der Waals surface area contributed by atoms with E-state index < -0.39 is 11.6 Å². The molecule has 3 aromatic rings. The molecular weight excluding hydrogens is 330 g/mol. The van der Waals surface area contributed by atoms with Crippen LogP contribution in [0.15, 0.2) is 29.3 Å². The predicted octanol–water partition coefficient (Wildman–Crippen LogP) is 4.49. The number of nitrogens with zero attached hydrogens (tertiary/aromatic N) is 4. The first kappa shape index (κ1) is 16.8. The molecule has 0 bridgehead atoms. The number of thioether (sulfide) groups is 1. The van der Waals surface area contributed by atoms with Crippen LogP contribution in [0.2, 0.25) is 0 Å². The second-order valence-electron chi connectivity index (χ2n) is 5.95. The summed E-state index contributed by atoms with van der Waals surface area (Å²) in [7, 11) is 1.80. The molecule has 0 fully saturated rings. The summed E-state index contributed by atoms with van der Waals surface area (Å²) in [5.41, 5.74) is 0.600. The molecule has 0 saturated heterocycles. The highest BCUT2D eigenvalue weighted by atomic mass is 32.2. The highest BCUT2D eigenvalue weighted by Gasteiger charge is 2.22. The van der Waals surface area contributed by atoms with E-state index in [4.69, 9.17) is 0 Å². The first-order chi connectivity index (χ1) is 11.3. The molecule has 4 nitrogen and oxygen atoms in total. The number of imidazole rings is 1. The standard InChI is InChI=1S/C17H18F2N4S/c1-5-24-12-6-7-13(18)22-14(12)16-21-11-8-10(17(2,3)19)9-20-15(11)23(16)4/h6-9H,5H2,1-4H3. The minimum Gasteiger partial charge on any atom is -0.310 e. The van der Waals surface area contributed by atoms with Gasteiger partial charge in [0.25, 0.3) is 0 Å². The van der Waals surface area contributed by atoms with Gasteiger partial charge in [-0.1, -0.05) is 6.92 Å². The SMILES string of the molecule is CCSc1ccc(F)nc1-c1nc2cc(C(C)(C)F)cnc2n1C. The van der Waals surface area contributed by atoms with Crippen LogP contribution in [0.3, 0.4) is 0 Å². The highest BCUT2D eigenvalue weighted by Crippen LogP contribution is 2.32. The molecular formula is C17H18F2N4S. The third-order valence-electron chi connectivity index (χ3n) is 3.73. The molecule has 0 spiro atoms. The molecule has 0 atom stereocenters. The molecule has 0 aliphatic carbocycles. The summed E-state index contributed by atoms with van der Waals surface area (Å²) < 4.78 is 29.6. The van der Waals surface area contributed by atoms with Crippen molar-refractivity contribution >= 4 is 22.9 Å². The van der Waals surface area contributed by atoms with Gasteiger partial charge in [0.05, 0.1) is 0 Å². The van der Waals surface area contributed by atoms with E-state index in [0.29, 0.717) is 28.2 Å². The maximum absolute atomic E-state index is 14.2. The van der Waals surface area contributed by atoms with E-state index in [-0.39, 0.29) is 0 Å². The third-order valence-corrected chi connectivity index (χ3v) is 4.66. The average molecular weight is 348 g/mol. The van der Waals surface area contributed by atoms with Gasteiger partial charge in [-0.05, 0) is 37.8 Å². The largest absolute Gasteiger partial charge is 0.310 e. The third kappa shape index (κ3) is 3.00. The summed E-state index contributed by atoms with van der Waals surface area (Å²) in [6, 6.07) is 4.72. The van der Waals surface area contributed by atoms with E-state index in [9.17, 15) is 8.78 Å². The quantitative estimate of drug-likeness (QED) is 0.515. The number of halogens is 2. The van der Waals surface area contributed by atoms with Gasteiger partial charge < -0.3 is 4.57 Å². The van der Waals surface area contributed by atoms with Crippen LogP contribution in [0.4, 0.5) is 8.78 Å². The zero-order chi connectivity index (χ0) is 17.5. The molecule has 3 rings (SSSR count). The normalized spacial score (nSPS) is 12.1. The molecule has 0 aliphatic heterocycles. The Morgan fingerprint density at radius 1 is 1.25 bits per heavy atom. The number of pyridine rings is 2. The Morgan fingerprint density at radius 3 is 2.67 bits per heavy atom. The van der Waals surface area contributed by atoms with Gasteiger partial charge in [-0.15, -0.1) is 11.8 Å². The van der Waals surface area contributed by atoms with Crippen molar-refractivity contribution in [2.24, 2.45) is 7.05 Å². The Labute approximate surface area is 143 Å². The fourth-order valence-corrected chi connectivity index (χ4v) is 3.22. The fourth-order valence-electron chi connectivity index (χ4n) is 2.47. The summed E-state index contributed by atoms with van der Waals surface area (Å²) >= 11 is 1.57. The van der Waals surface area contributed by atoms with Crippen LogP contribution in [-0.4, -0.2) is 25.3 Å². The van der Waals surface area contributed by atoms with E-state index in [0.717, 1.165) is 10.6 Å². The summed E-state index contributed by atoms with van der Waals surface area (Å²) in [6.07, 6.45) is 1.51. The number of fused-ring (bicyclic) bond motifs is 1. The van der Waals surface area contributed by atoms with Crippen molar-refractivity contribution in [3.05, 3.63) is 35.9 Å². The molecule has 0 radical (unpaired) electrons. The summed E-state index contributed by atoms with van der Waals surface area (Å²) in [4.78, 5) is 13.7. The predicted molar refractivity (Wildman–Crippen MR) is 92.2 cm³/mol. The Bertz CT molecular complexity index is 899. The van der Waals surface area contributed by atoms with Crippen LogP contribution >= 0.6 is 11.8 Å². The van der Waals surface area contributed by atoms with Crippen molar-refractivity contribution in [3.63, 3.8) is 0 Å². The first-order valence-electron chi connectivity index (χ1n) is 7.63. The van der Waals surface area contributed by atoms with Gasteiger partial charge in [0.2, 0.25) is 5.95 Å². The molecule has 0 aliphatic rings. The maximum Gasteiger partial charge on any atom is 0.213 e. The number of hydrogen-bond donors (Lipinski definition) is 0. The lowest BCUT2D eigenvalue weighted by molar-refractivity contribution is 0.221. The number of aryl methyl sites for hydroxylation is 1. The van der Waals surface area contributed by atoms with Crippen molar-refractivity contribution in [3.8, 4) is 11.5 Å². The fraction of sp³-hybridized carbons (Fsp3) is 0.353. The molecule has 0 N–H and O–H groups in total. The lowest BCUT2D eigenvalue weighted by atomic mass is 10.0. The monoisotopic (exact) mass is 348 g/mol. The molecule has 24 heavy (non-hydrogen) atoms. The van der Waals surface area contributed by atoms with Crippen molar-refractivity contribution in [1.29, 1.82) is 0 Å². The van der Waals surface area contributed by atoms with Crippen LogP contribution in [0.5, 0.6) is 0 Å². The molecule has 0 amide bonds. The van der Waals surface area contributed by atoms with Crippen LogP contribution < -0.4 is 0 Å². The van der Waals surface area contributed by atoms with Crippen molar-refractivity contribution in [1.82, 2.24) is 19.5 Å². The molecule has 3 heterocycles. The van der Waals surface area contributed by atoms with Gasteiger partial charge in [0.1, 0.15) is 16.9 Å². The zero-order valence-electron chi connectivity index (χ0n) is 14.0. The minimum absolute atomic E-state index is 0.454. The van der Waals surface area contributed by atoms with Crippen molar-refractivity contribution < 1.29 is 8.78 Å². The van der Waals surface area contributed by atoms with Gasteiger partial charge >= 0.3 is 0 Å². The van der Waals surface area contributed by atoms with Gasteiger partial charge in [-0.3, -0.25) is 0 Å². The Morgan fingerprint density at radius 2 is 2.00 bits per heavy atom. The smallest absolute Gasteiger partial charge is 0.213 e. The van der Waals surface area contributed by atoms with Gasteiger partial charge in [0.15, 0.2) is 11.5 Å². The number of rotatable bonds is 4. The zero-order valence-corrected chi connectivity index (χ0v) is 14.8. The Kier molecular flexibility index (Phi) is 4.29. The lowest BCUT2D eigenvalue weighted by Gasteiger charge is -2.13. The van der Waals surface area contributed by atoms with Crippen LogP contribution in [0, 0.1) is 5.95 Å². The maximum atomic E-state index is 14.2. The molecule has 0 unspecified atom stereocenters. The second kappa shape index (κ2) is 6.12. The van der Waals surface area contributed by atoms with Crippen LogP contribution in [0.1, 0.15) is 26.3 Å². The van der Waals surface area contributed by atoms with Crippen molar-refractivity contribution in [2.45, 2.75) is 31.3 Å². The molecule has 7 heteroatoms. The average Bonchev–Trinajstić information content (AvgIpc) is 2.85. The van der Waals surface area contributed by atoms with Crippen molar-refractivity contribution in [2.75, 3.05) is 5.75 Å². The number of hydrogen-bond acceptors (Lipinski definition) is 4. The Hall–Kier alpha value is -2.02. The summed E-state index contributed by atoms with van der Waals surface area (Å²) in [5, 5.41) is 0. The van der Waals surface area contributed by atoms with Gasteiger partial charge in [-0.25, -0.2) is 19.3 Å². The lowest BCUT2D eigenvalue weighted by Crippen LogP contribution is -2.09. The minimum atomic E-state index is -1.50. The van der Waals surface area contributed by atoms with E-state index in [1.54, 1.807) is 35.5 Å². The summed E-state index contributed by atoms with van der Waals surface area (Å²) in [6.45, 7) is 4.97. The molecule has 126 valence electrons. The molecule has 0 aromatic carbocycles. The van der Waals surface area contributed by atoms with E-state index in [2.05, 4.69) is 15.0 Å². The van der Waals surface area contributed by atoms with E-state index in [1.165, 1.54) is 26.1 Å². The van der Waals surface area contributed by atoms with E-state index in [1.807, 2.05) is 6.92 Å². The highest BCUT2D eigenvalue weighted by molar-refractivity contribution is 7.99. The Balaban J connectivity index is 2.21.